The van der Waals surface area contributed by atoms with Crippen molar-refractivity contribution in [2.45, 2.75) is 36.4 Å². The molecule has 2 aromatic carbocycles. The third-order valence-corrected chi connectivity index (χ3v) is 19.5. The van der Waals surface area contributed by atoms with Crippen molar-refractivity contribution in [3.05, 3.63) is 58.5 Å². The van der Waals surface area contributed by atoms with Crippen LogP contribution in [0.15, 0.2) is 48.5 Å². The minimum Gasteiger partial charge on any atom is -0.377 e. The molecule has 2 aromatic heterocycles. The van der Waals surface area contributed by atoms with Crippen LogP contribution in [-0.4, -0.2) is 70.2 Å². The molecule has 4 unspecified atom stereocenters. The highest BCUT2D eigenvalue weighted by Crippen LogP contribution is 2.55. The molecule has 2 heterocycles. The molecular formula is C28H40N2O6S4Si2. The monoisotopic (exact) mass is 684 g/mol. The number of para-hydroxylation sites is 2. The van der Waals surface area contributed by atoms with E-state index in [1.165, 1.54) is 9.40 Å². The van der Waals surface area contributed by atoms with E-state index in [4.69, 9.17) is 36.5 Å². The fraction of sp³-hybridized carbons (Fsp3) is 0.500. The molecule has 0 aliphatic heterocycles. The lowest BCUT2D eigenvalue weighted by Gasteiger charge is -2.32. The van der Waals surface area contributed by atoms with Crippen molar-refractivity contribution in [1.82, 2.24) is 9.97 Å². The first-order valence-corrected chi connectivity index (χ1v) is 21.4. The summed E-state index contributed by atoms with van der Waals surface area (Å²) >= 11 is 3.49. The number of benzene rings is 2. The maximum atomic E-state index is 5.83. The standard InChI is InChI=1S/C28H40N2O6S4Si2/c1-19(17-41(31-3,32-4)33-5)25(27-29-21-13-9-11-15-23(21)37-27)39-40-26(20(2)18-42(34-6,35-7)36-8)28-30-22-14-10-12-16-24(22)38-28/h9-16,19-20,25-26H,17-18H2,1-8H3. The largest absolute Gasteiger partial charge is 0.500 e. The molecule has 0 saturated carbocycles. The van der Waals surface area contributed by atoms with Crippen LogP contribution in [-0.2, 0) is 26.6 Å². The maximum Gasteiger partial charge on any atom is 0.500 e. The first kappa shape index (κ1) is 34.0. The zero-order valence-corrected chi connectivity index (χ0v) is 30.6. The van der Waals surface area contributed by atoms with Gasteiger partial charge in [0.25, 0.3) is 0 Å². The quantitative estimate of drug-likeness (QED) is 0.0804. The van der Waals surface area contributed by atoms with E-state index in [1.54, 1.807) is 65.3 Å². The van der Waals surface area contributed by atoms with Crippen molar-refractivity contribution in [1.29, 1.82) is 0 Å². The Kier molecular flexibility index (Phi) is 12.5. The molecule has 0 aliphatic carbocycles. The van der Waals surface area contributed by atoms with Crippen LogP contribution in [0.4, 0.5) is 0 Å². The number of fused-ring (bicyclic) bond motifs is 2. The Bertz CT molecular complexity index is 1230. The van der Waals surface area contributed by atoms with Crippen LogP contribution in [0.1, 0.15) is 34.4 Å². The lowest BCUT2D eigenvalue weighted by atomic mass is 10.1. The highest BCUT2D eigenvalue weighted by atomic mass is 33.1. The summed E-state index contributed by atoms with van der Waals surface area (Å²) in [6, 6.07) is 17.9. The Labute approximate surface area is 267 Å². The molecule has 0 aliphatic rings. The molecule has 14 heteroatoms. The lowest BCUT2D eigenvalue weighted by Crippen LogP contribution is -2.44. The van der Waals surface area contributed by atoms with Gasteiger partial charge in [0.15, 0.2) is 0 Å². The van der Waals surface area contributed by atoms with Gasteiger partial charge in [-0.1, -0.05) is 59.7 Å². The van der Waals surface area contributed by atoms with E-state index < -0.39 is 17.6 Å². The minimum atomic E-state index is -2.83. The average Bonchev–Trinajstić information content (AvgIpc) is 3.65. The topological polar surface area (TPSA) is 81.2 Å². The Morgan fingerprint density at radius 2 is 0.929 bits per heavy atom. The van der Waals surface area contributed by atoms with Crippen LogP contribution in [0.5, 0.6) is 0 Å². The second-order valence-corrected chi connectivity index (χ2v) is 20.7. The van der Waals surface area contributed by atoms with Gasteiger partial charge in [-0.05, 0) is 36.1 Å². The van der Waals surface area contributed by atoms with Gasteiger partial charge in [-0.25, -0.2) is 9.97 Å². The Morgan fingerprint density at radius 1 is 0.595 bits per heavy atom. The molecule has 0 amide bonds. The number of aromatic nitrogens is 2. The summed E-state index contributed by atoms with van der Waals surface area (Å²) in [6.07, 6.45) is 0. The summed E-state index contributed by atoms with van der Waals surface area (Å²) in [4.78, 5) is 10.2. The van der Waals surface area contributed by atoms with Crippen molar-refractivity contribution >= 4 is 82.3 Å². The zero-order chi connectivity index (χ0) is 30.3. The molecule has 0 bridgehead atoms. The van der Waals surface area contributed by atoms with E-state index in [0.717, 1.165) is 21.0 Å². The highest BCUT2D eigenvalue weighted by molar-refractivity contribution is 8.76. The molecule has 0 N–H and O–H groups in total. The molecule has 0 saturated heterocycles. The van der Waals surface area contributed by atoms with Crippen molar-refractivity contribution in [3.8, 4) is 0 Å². The average molecular weight is 685 g/mol. The maximum absolute atomic E-state index is 5.83. The summed E-state index contributed by atoms with van der Waals surface area (Å²) in [5.74, 6) is 0.317. The van der Waals surface area contributed by atoms with Crippen LogP contribution in [0, 0.1) is 11.8 Å². The van der Waals surface area contributed by atoms with Crippen LogP contribution in [0.25, 0.3) is 20.4 Å². The number of thiazole rings is 2. The van der Waals surface area contributed by atoms with E-state index in [9.17, 15) is 0 Å². The van der Waals surface area contributed by atoms with Crippen LogP contribution >= 0.6 is 44.3 Å². The molecule has 4 atom stereocenters. The molecule has 230 valence electrons. The van der Waals surface area contributed by atoms with Gasteiger partial charge in [-0.3, -0.25) is 0 Å². The van der Waals surface area contributed by atoms with E-state index in [2.05, 4.69) is 50.2 Å². The summed E-state index contributed by atoms with van der Waals surface area (Å²) < 4.78 is 37.3. The van der Waals surface area contributed by atoms with Crippen LogP contribution in [0.3, 0.4) is 0 Å². The molecule has 8 nitrogen and oxygen atoms in total. The van der Waals surface area contributed by atoms with E-state index in [1.807, 2.05) is 33.7 Å². The zero-order valence-electron chi connectivity index (χ0n) is 25.3. The smallest absolute Gasteiger partial charge is 0.377 e. The van der Waals surface area contributed by atoms with Gasteiger partial charge in [0.2, 0.25) is 0 Å². The molecule has 4 aromatic rings. The Hall–Kier alpha value is -0.886. The first-order chi connectivity index (χ1) is 20.3. The van der Waals surface area contributed by atoms with Gasteiger partial charge in [-0.15, -0.1) is 22.7 Å². The summed E-state index contributed by atoms with van der Waals surface area (Å²) in [7, 11) is 8.05. The van der Waals surface area contributed by atoms with Crippen molar-refractivity contribution in [2.75, 3.05) is 42.7 Å². The Morgan fingerprint density at radius 3 is 1.24 bits per heavy atom. The molecule has 42 heavy (non-hydrogen) atoms. The molecular weight excluding hydrogens is 645 g/mol. The van der Waals surface area contributed by atoms with Gasteiger partial charge in [0, 0.05) is 54.7 Å². The van der Waals surface area contributed by atoms with Crippen LogP contribution in [0.2, 0.25) is 12.1 Å². The molecule has 0 fully saturated rings. The molecule has 4 rings (SSSR count). The predicted molar refractivity (Wildman–Crippen MR) is 181 cm³/mol. The number of rotatable bonds is 17. The Balaban J connectivity index is 1.69. The third-order valence-electron chi connectivity index (χ3n) is 7.41. The number of nitrogens with zero attached hydrogens (tertiary/aromatic N) is 2. The van der Waals surface area contributed by atoms with Crippen molar-refractivity contribution < 1.29 is 26.6 Å². The summed E-state index contributed by atoms with van der Waals surface area (Å²) in [6.45, 7) is 4.47. The molecule has 0 spiro atoms. The predicted octanol–water partition coefficient (Wildman–Crippen LogP) is 8.10. The van der Waals surface area contributed by atoms with Gasteiger partial charge < -0.3 is 26.6 Å². The fourth-order valence-electron chi connectivity index (χ4n) is 4.90. The molecule has 0 radical (unpaired) electrons. The summed E-state index contributed by atoms with van der Waals surface area (Å²) in [5, 5.41) is 2.30. The van der Waals surface area contributed by atoms with Gasteiger partial charge in [-0.2, -0.15) is 0 Å². The van der Waals surface area contributed by atoms with Gasteiger partial charge >= 0.3 is 17.6 Å². The normalized spacial score (nSPS) is 15.7. The summed E-state index contributed by atoms with van der Waals surface area (Å²) in [5.41, 5.74) is 2.03. The first-order valence-electron chi connectivity index (χ1n) is 13.6. The highest BCUT2D eigenvalue weighted by Gasteiger charge is 2.44. The number of hydrogen-bond acceptors (Lipinski definition) is 12. The second-order valence-electron chi connectivity index (χ2n) is 10.0. The number of hydrogen-bond donors (Lipinski definition) is 0. The van der Waals surface area contributed by atoms with Crippen LogP contribution < -0.4 is 0 Å². The lowest BCUT2D eigenvalue weighted by molar-refractivity contribution is 0.118. The SMILES string of the molecule is CO[Si](CC(C)C(SSC(c1nc2ccccc2s1)C(C)C[Si](OC)(OC)OC)c1nc2ccccc2s1)(OC)OC. The van der Waals surface area contributed by atoms with Gasteiger partial charge in [0.1, 0.15) is 10.0 Å². The van der Waals surface area contributed by atoms with E-state index in [0.29, 0.717) is 12.1 Å². The second kappa shape index (κ2) is 15.4. The third kappa shape index (κ3) is 7.66. The van der Waals surface area contributed by atoms with Crippen molar-refractivity contribution in [2.24, 2.45) is 11.8 Å². The fourth-order valence-corrected chi connectivity index (χ4v) is 15.9. The minimum absolute atomic E-state index is 0.0677. The van der Waals surface area contributed by atoms with E-state index in [-0.39, 0.29) is 22.3 Å². The van der Waals surface area contributed by atoms with Crippen molar-refractivity contribution in [3.63, 3.8) is 0 Å². The van der Waals surface area contributed by atoms with E-state index >= 15 is 0 Å². The van der Waals surface area contributed by atoms with Gasteiger partial charge in [0.05, 0.1) is 30.9 Å².